The van der Waals surface area contributed by atoms with Gasteiger partial charge in [0.2, 0.25) is 0 Å². The summed E-state index contributed by atoms with van der Waals surface area (Å²) < 4.78 is 23.9. The van der Waals surface area contributed by atoms with Crippen LogP contribution in [0.5, 0.6) is 11.5 Å². The van der Waals surface area contributed by atoms with Gasteiger partial charge in [-0.3, -0.25) is 9.59 Å². The Kier molecular flexibility index (Phi) is 9.55. The van der Waals surface area contributed by atoms with Crippen molar-refractivity contribution in [2.75, 3.05) is 26.3 Å². The van der Waals surface area contributed by atoms with Crippen LogP contribution in [0.3, 0.4) is 0 Å². The van der Waals surface area contributed by atoms with Crippen molar-refractivity contribution in [3.05, 3.63) is 58.4 Å². The summed E-state index contributed by atoms with van der Waals surface area (Å²) in [7, 11) is 0. The molecule has 2 aromatic rings. The number of hydrogen-bond acceptors (Lipinski definition) is 5. The highest BCUT2D eigenvalue weighted by molar-refractivity contribution is 6.30. The van der Waals surface area contributed by atoms with Crippen LogP contribution in [0.1, 0.15) is 17.5 Å². The monoisotopic (exact) mass is 452 g/mol. The van der Waals surface area contributed by atoms with Crippen LogP contribution in [0.2, 0.25) is 5.02 Å². The SMILES string of the molecule is Cc1cc(C)cc(OCC(=O)NCC[C@H](O)CNC(=O)COc2ccc(Cl)c(F)c2)c1. The summed E-state index contributed by atoms with van der Waals surface area (Å²) in [5.74, 6) is -0.627. The van der Waals surface area contributed by atoms with Gasteiger partial charge in [0.25, 0.3) is 11.8 Å². The second-order valence-corrected chi connectivity index (χ2v) is 7.48. The Hall–Kier alpha value is -2.84. The van der Waals surface area contributed by atoms with Gasteiger partial charge in [-0.15, -0.1) is 0 Å². The van der Waals surface area contributed by atoms with Crippen LogP contribution in [-0.4, -0.2) is 49.3 Å². The van der Waals surface area contributed by atoms with Crippen molar-refractivity contribution in [3.63, 3.8) is 0 Å². The molecule has 9 heteroatoms. The van der Waals surface area contributed by atoms with Gasteiger partial charge in [-0.05, 0) is 55.7 Å². The molecule has 168 valence electrons. The van der Waals surface area contributed by atoms with E-state index in [9.17, 15) is 19.1 Å². The molecule has 0 fully saturated rings. The van der Waals surface area contributed by atoms with Gasteiger partial charge in [0.1, 0.15) is 17.3 Å². The first kappa shape index (κ1) is 24.4. The number of benzene rings is 2. The molecule has 0 aromatic heterocycles. The second-order valence-electron chi connectivity index (χ2n) is 7.07. The quantitative estimate of drug-likeness (QED) is 0.487. The topological polar surface area (TPSA) is 96.9 Å². The van der Waals surface area contributed by atoms with Gasteiger partial charge in [0.15, 0.2) is 13.2 Å². The zero-order valence-electron chi connectivity index (χ0n) is 17.4. The van der Waals surface area contributed by atoms with Crippen LogP contribution in [0.15, 0.2) is 36.4 Å². The maximum absolute atomic E-state index is 13.3. The van der Waals surface area contributed by atoms with E-state index < -0.39 is 17.8 Å². The van der Waals surface area contributed by atoms with Crippen LogP contribution < -0.4 is 20.1 Å². The molecular formula is C22H26ClFN2O5. The molecular weight excluding hydrogens is 427 g/mol. The van der Waals surface area contributed by atoms with Crippen molar-refractivity contribution < 1.29 is 28.6 Å². The molecule has 2 rings (SSSR count). The summed E-state index contributed by atoms with van der Waals surface area (Å²) >= 11 is 5.58. The van der Waals surface area contributed by atoms with Crippen molar-refractivity contribution in [1.29, 1.82) is 0 Å². The van der Waals surface area contributed by atoms with Crippen LogP contribution in [0, 0.1) is 19.7 Å². The Morgan fingerprint density at radius 2 is 1.61 bits per heavy atom. The second kappa shape index (κ2) is 12.1. The lowest BCUT2D eigenvalue weighted by molar-refractivity contribution is -0.124. The molecule has 0 aliphatic rings. The molecule has 2 aromatic carbocycles. The average Bonchev–Trinajstić information content (AvgIpc) is 2.71. The zero-order valence-corrected chi connectivity index (χ0v) is 18.2. The maximum Gasteiger partial charge on any atom is 0.258 e. The molecule has 0 aliphatic carbocycles. The van der Waals surface area contributed by atoms with E-state index in [0.29, 0.717) is 5.75 Å². The Morgan fingerprint density at radius 1 is 1.00 bits per heavy atom. The van der Waals surface area contributed by atoms with Crippen molar-refractivity contribution in [2.24, 2.45) is 0 Å². The number of carbonyl (C=O) groups excluding carboxylic acids is 2. The first-order valence-electron chi connectivity index (χ1n) is 9.73. The van der Waals surface area contributed by atoms with E-state index in [4.69, 9.17) is 21.1 Å². The lowest BCUT2D eigenvalue weighted by atomic mass is 10.1. The van der Waals surface area contributed by atoms with Crippen molar-refractivity contribution >= 4 is 23.4 Å². The summed E-state index contributed by atoms with van der Waals surface area (Å²) in [4.78, 5) is 23.6. The molecule has 1 atom stereocenters. The van der Waals surface area contributed by atoms with Gasteiger partial charge < -0.3 is 25.2 Å². The normalized spacial score (nSPS) is 11.5. The molecule has 0 radical (unpaired) electrons. The number of carbonyl (C=O) groups is 2. The van der Waals surface area contributed by atoms with E-state index >= 15 is 0 Å². The maximum atomic E-state index is 13.3. The minimum Gasteiger partial charge on any atom is -0.484 e. The largest absolute Gasteiger partial charge is 0.484 e. The van der Waals surface area contributed by atoms with Gasteiger partial charge in [-0.2, -0.15) is 0 Å². The first-order chi connectivity index (χ1) is 14.7. The van der Waals surface area contributed by atoms with Gasteiger partial charge >= 0.3 is 0 Å². The highest BCUT2D eigenvalue weighted by Gasteiger charge is 2.10. The fraction of sp³-hybridized carbons (Fsp3) is 0.364. The molecule has 0 saturated carbocycles. The fourth-order valence-electron chi connectivity index (χ4n) is 2.69. The van der Waals surface area contributed by atoms with E-state index in [0.717, 1.165) is 17.2 Å². The van der Waals surface area contributed by atoms with Crippen LogP contribution >= 0.6 is 11.6 Å². The molecule has 0 spiro atoms. The van der Waals surface area contributed by atoms with Crippen LogP contribution in [-0.2, 0) is 9.59 Å². The summed E-state index contributed by atoms with van der Waals surface area (Å²) in [6.07, 6.45) is -0.601. The van der Waals surface area contributed by atoms with Crippen molar-refractivity contribution in [3.8, 4) is 11.5 Å². The third kappa shape index (κ3) is 9.23. The molecule has 2 amide bonds. The molecule has 3 N–H and O–H groups in total. The van der Waals surface area contributed by atoms with Gasteiger partial charge in [-0.1, -0.05) is 17.7 Å². The summed E-state index contributed by atoms with van der Waals surface area (Å²) in [6, 6.07) is 9.56. The number of aryl methyl sites for hydroxylation is 2. The number of halogens is 2. The number of aliphatic hydroxyl groups is 1. The van der Waals surface area contributed by atoms with E-state index in [1.165, 1.54) is 12.1 Å². The number of ether oxygens (including phenoxy) is 2. The fourth-order valence-corrected chi connectivity index (χ4v) is 2.81. The Balaban J connectivity index is 1.58. The van der Waals surface area contributed by atoms with Crippen molar-refractivity contribution in [2.45, 2.75) is 26.4 Å². The van der Waals surface area contributed by atoms with E-state index in [1.54, 1.807) is 0 Å². The molecule has 0 bridgehead atoms. The highest BCUT2D eigenvalue weighted by Crippen LogP contribution is 2.20. The third-order valence-electron chi connectivity index (χ3n) is 4.16. The van der Waals surface area contributed by atoms with E-state index in [2.05, 4.69) is 10.6 Å². The predicted molar refractivity (Wildman–Crippen MR) is 115 cm³/mol. The Morgan fingerprint density at radius 3 is 2.26 bits per heavy atom. The molecule has 0 unspecified atom stereocenters. The Bertz CT molecular complexity index is 889. The summed E-state index contributed by atoms with van der Waals surface area (Å²) in [5, 5.41) is 15.0. The number of aliphatic hydroxyl groups excluding tert-OH is 1. The van der Waals surface area contributed by atoms with Gasteiger partial charge in [0.05, 0.1) is 11.1 Å². The average molecular weight is 453 g/mol. The molecule has 0 heterocycles. The minimum atomic E-state index is -0.849. The molecule has 31 heavy (non-hydrogen) atoms. The smallest absolute Gasteiger partial charge is 0.258 e. The highest BCUT2D eigenvalue weighted by atomic mass is 35.5. The van der Waals surface area contributed by atoms with Crippen LogP contribution in [0.25, 0.3) is 0 Å². The zero-order chi connectivity index (χ0) is 22.8. The summed E-state index contributed by atoms with van der Waals surface area (Å²) in [6.45, 7) is 3.66. The van der Waals surface area contributed by atoms with Gasteiger partial charge in [-0.25, -0.2) is 4.39 Å². The molecule has 0 aliphatic heterocycles. The molecule has 7 nitrogen and oxygen atoms in total. The summed E-state index contributed by atoms with van der Waals surface area (Å²) in [5.41, 5.74) is 2.10. The third-order valence-corrected chi connectivity index (χ3v) is 4.47. The standard InChI is InChI=1S/C22H26ClFN2O5/c1-14-7-15(2)9-18(8-14)31-12-21(28)25-6-5-16(27)11-26-22(29)13-30-17-3-4-19(23)20(24)10-17/h3-4,7-10,16,27H,5-6,11-13H2,1-2H3,(H,25,28)(H,26,29)/t16-/m0/s1. The van der Waals surface area contributed by atoms with Gasteiger partial charge in [0, 0.05) is 19.2 Å². The number of nitrogens with one attached hydrogen (secondary N) is 2. The number of amides is 2. The van der Waals surface area contributed by atoms with Crippen LogP contribution in [0.4, 0.5) is 4.39 Å². The van der Waals surface area contributed by atoms with Crippen molar-refractivity contribution in [1.82, 2.24) is 10.6 Å². The lowest BCUT2D eigenvalue weighted by Crippen LogP contribution is -2.37. The number of hydrogen-bond donors (Lipinski definition) is 3. The minimum absolute atomic E-state index is 0.00783. The number of rotatable bonds is 11. The lowest BCUT2D eigenvalue weighted by Gasteiger charge is -2.13. The van der Waals surface area contributed by atoms with E-state index in [1.807, 2.05) is 32.0 Å². The Labute approximate surface area is 185 Å². The first-order valence-corrected chi connectivity index (χ1v) is 10.1. The molecule has 0 saturated heterocycles. The predicted octanol–water partition coefficient (Wildman–Crippen LogP) is 2.54. The van der Waals surface area contributed by atoms with E-state index in [-0.39, 0.29) is 49.4 Å².